The minimum atomic E-state index is -4.32. The van der Waals surface area contributed by atoms with Crippen molar-refractivity contribution in [3.63, 3.8) is 0 Å². The topological polar surface area (TPSA) is 18.5 Å². The Hall–Kier alpha value is -1.43. The summed E-state index contributed by atoms with van der Waals surface area (Å²) in [5.74, 6) is 0.520. The Morgan fingerprint density at radius 2 is 1.46 bits per heavy atom. The van der Waals surface area contributed by atoms with Gasteiger partial charge in [0.2, 0.25) is 0 Å². The molecule has 0 aromatic heterocycles. The molecule has 0 unspecified atom stereocenters. The molecule has 1 aromatic carbocycles. The summed E-state index contributed by atoms with van der Waals surface area (Å²) in [6.07, 6.45) is -4.32. The van der Waals surface area contributed by atoms with E-state index in [-0.39, 0.29) is 6.61 Å². The molecule has 0 bridgehead atoms. The minimum absolute atomic E-state index is 0.195. The van der Waals surface area contributed by atoms with Crippen molar-refractivity contribution in [1.29, 1.82) is 0 Å². The molecular weight excluding hydrogens is 333 g/mol. The van der Waals surface area contributed by atoms with Gasteiger partial charge < -0.3 is 9.16 Å². The van der Waals surface area contributed by atoms with Crippen LogP contribution in [0.25, 0.3) is 0 Å². The summed E-state index contributed by atoms with van der Waals surface area (Å²) in [6, 6.07) is 8.03. The Bertz CT molecular complexity index is 534. The molecule has 0 atom stereocenters. The first-order chi connectivity index (χ1) is 11.2. The standard InChI is InChI=1S/C18H27F3O2Si/c1-6-24(7-2,8-3)23-17(14(4)5)22-13-15-9-11-16(12-10-15)18(19,20)21/h9-12H,6-8,13H2,1-5H3. The lowest BCUT2D eigenvalue weighted by atomic mass is 10.1. The number of allylic oxidation sites excluding steroid dienone is 1. The fourth-order valence-corrected chi connectivity index (χ4v) is 4.97. The third-order valence-electron chi connectivity index (χ3n) is 4.30. The molecule has 0 heterocycles. The Kier molecular flexibility index (Phi) is 7.39. The van der Waals surface area contributed by atoms with E-state index in [2.05, 4.69) is 20.8 Å². The third-order valence-corrected chi connectivity index (χ3v) is 8.79. The van der Waals surface area contributed by atoms with E-state index in [9.17, 15) is 13.2 Å². The predicted octanol–water partition coefficient (Wildman–Crippen LogP) is 6.50. The van der Waals surface area contributed by atoms with Gasteiger partial charge in [-0.15, -0.1) is 0 Å². The van der Waals surface area contributed by atoms with Crippen LogP contribution in [-0.2, 0) is 21.9 Å². The van der Waals surface area contributed by atoms with Crippen LogP contribution in [0.4, 0.5) is 13.2 Å². The zero-order chi connectivity index (χ0) is 18.4. The fourth-order valence-electron chi connectivity index (χ4n) is 2.38. The highest BCUT2D eigenvalue weighted by atomic mass is 28.4. The highest BCUT2D eigenvalue weighted by Gasteiger charge is 2.32. The number of rotatable bonds is 8. The second-order valence-corrected chi connectivity index (χ2v) is 10.8. The lowest BCUT2D eigenvalue weighted by molar-refractivity contribution is -0.137. The highest BCUT2D eigenvalue weighted by molar-refractivity contribution is 6.73. The lowest BCUT2D eigenvalue weighted by Gasteiger charge is -2.30. The first-order valence-electron chi connectivity index (χ1n) is 8.32. The van der Waals surface area contributed by atoms with E-state index in [0.717, 1.165) is 35.8 Å². The quantitative estimate of drug-likeness (QED) is 0.389. The van der Waals surface area contributed by atoms with Crippen molar-refractivity contribution in [1.82, 2.24) is 0 Å². The molecule has 0 radical (unpaired) electrons. The Morgan fingerprint density at radius 3 is 1.83 bits per heavy atom. The molecule has 0 amide bonds. The zero-order valence-corrected chi connectivity index (χ0v) is 16.1. The molecule has 1 aromatic rings. The monoisotopic (exact) mass is 360 g/mol. The van der Waals surface area contributed by atoms with Gasteiger partial charge in [0.25, 0.3) is 14.3 Å². The summed E-state index contributed by atoms with van der Waals surface area (Å²) in [5, 5.41) is 0. The van der Waals surface area contributed by atoms with Gasteiger partial charge in [0.1, 0.15) is 6.61 Å². The Balaban J connectivity index is 2.80. The van der Waals surface area contributed by atoms with Gasteiger partial charge in [0.15, 0.2) is 0 Å². The van der Waals surface area contributed by atoms with Crippen LogP contribution in [0.15, 0.2) is 35.8 Å². The van der Waals surface area contributed by atoms with Crippen molar-refractivity contribution in [2.45, 2.75) is 65.5 Å². The average Bonchev–Trinajstić information content (AvgIpc) is 2.55. The number of hydrogen-bond donors (Lipinski definition) is 0. The number of alkyl halides is 3. The van der Waals surface area contributed by atoms with E-state index in [1.54, 1.807) is 0 Å². The van der Waals surface area contributed by atoms with Crippen molar-refractivity contribution in [2.24, 2.45) is 0 Å². The van der Waals surface area contributed by atoms with E-state index < -0.39 is 20.1 Å². The molecule has 136 valence electrons. The van der Waals surface area contributed by atoms with Gasteiger partial charge in [-0.25, -0.2) is 0 Å². The van der Waals surface area contributed by atoms with Crippen LogP contribution in [0.3, 0.4) is 0 Å². The van der Waals surface area contributed by atoms with E-state index in [0.29, 0.717) is 11.5 Å². The van der Waals surface area contributed by atoms with Gasteiger partial charge in [-0.2, -0.15) is 13.2 Å². The highest BCUT2D eigenvalue weighted by Crippen LogP contribution is 2.30. The number of ether oxygens (including phenoxy) is 1. The molecule has 0 N–H and O–H groups in total. The third kappa shape index (κ3) is 5.58. The fraction of sp³-hybridized carbons (Fsp3) is 0.556. The van der Waals surface area contributed by atoms with Crippen molar-refractivity contribution >= 4 is 8.32 Å². The Morgan fingerprint density at radius 1 is 0.958 bits per heavy atom. The summed E-state index contributed by atoms with van der Waals surface area (Å²) < 4.78 is 49.8. The van der Waals surface area contributed by atoms with Crippen LogP contribution in [-0.4, -0.2) is 8.32 Å². The second kappa shape index (κ2) is 8.60. The van der Waals surface area contributed by atoms with Crippen LogP contribution in [0.1, 0.15) is 45.7 Å². The van der Waals surface area contributed by atoms with Crippen molar-refractivity contribution in [3.05, 3.63) is 46.9 Å². The number of halogens is 3. The molecule has 0 fully saturated rings. The van der Waals surface area contributed by atoms with Crippen LogP contribution in [0.5, 0.6) is 0 Å². The van der Waals surface area contributed by atoms with Crippen LogP contribution < -0.4 is 0 Å². The molecule has 24 heavy (non-hydrogen) atoms. The molecule has 0 saturated heterocycles. The van der Waals surface area contributed by atoms with Gasteiger partial charge >= 0.3 is 6.18 Å². The first kappa shape index (κ1) is 20.6. The molecular formula is C18H27F3O2Si. The number of benzene rings is 1. The molecule has 0 aliphatic carbocycles. The van der Waals surface area contributed by atoms with Gasteiger partial charge in [-0.3, -0.25) is 0 Å². The normalized spacial score (nSPS) is 12.0. The van der Waals surface area contributed by atoms with E-state index >= 15 is 0 Å². The lowest BCUT2D eigenvalue weighted by Crippen LogP contribution is -2.36. The zero-order valence-electron chi connectivity index (χ0n) is 15.1. The van der Waals surface area contributed by atoms with Crippen LogP contribution >= 0.6 is 0 Å². The molecule has 0 saturated carbocycles. The maximum atomic E-state index is 12.6. The van der Waals surface area contributed by atoms with E-state index in [1.165, 1.54) is 12.1 Å². The van der Waals surface area contributed by atoms with Gasteiger partial charge in [0, 0.05) is 5.57 Å². The molecule has 0 aliphatic rings. The average molecular weight is 360 g/mol. The smallest absolute Gasteiger partial charge is 0.416 e. The summed E-state index contributed by atoms with van der Waals surface area (Å²) in [6.45, 7) is 10.4. The predicted molar refractivity (Wildman–Crippen MR) is 92.9 cm³/mol. The molecule has 6 heteroatoms. The Labute approximate surface area is 143 Å². The second-order valence-electron chi connectivity index (χ2n) is 6.12. The molecule has 0 spiro atoms. The van der Waals surface area contributed by atoms with Gasteiger partial charge in [-0.05, 0) is 49.7 Å². The van der Waals surface area contributed by atoms with Gasteiger partial charge in [0.05, 0.1) is 5.56 Å². The van der Waals surface area contributed by atoms with E-state index in [4.69, 9.17) is 9.16 Å². The van der Waals surface area contributed by atoms with Crippen LogP contribution in [0.2, 0.25) is 18.1 Å². The van der Waals surface area contributed by atoms with E-state index in [1.807, 2.05) is 13.8 Å². The maximum Gasteiger partial charge on any atom is 0.416 e. The summed E-state index contributed by atoms with van der Waals surface area (Å²) >= 11 is 0. The van der Waals surface area contributed by atoms with Crippen molar-refractivity contribution in [3.8, 4) is 0 Å². The van der Waals surface area contributed by atoms with Crippen LogP contribution in [0, 0.1) is 0 Å². The summed E-state index contributed by atoms with van der Waals surface area (Å²) in [5.41, 5.74) is 0.968. The largest absolute Gasteiger partial charge is 0.519 e. The summed E-state index contributed by atoms with van der Waals surface area (Å²) in [4.78, 5) is 0. The summed E-state index contributed by atoms with van der Waals surface area (Å²) in [7, 11) is -1.85. The van der Waals surface area contributed by atoms with Gasteiger partial charge in [-0.1, -0.05) is 32.9 Å². The molecule has 2 nitrogen and oxygen atoms in total. The first-order valence-corrected chi connectivity index (χ1v) is 10.9. The number of hydrogen-bond acceptors (Lipinski definition) is 2. The van der Waals surface area contributed by atoms with Crippen molar-refractivity contribution < 1.29 is 22.3 Å². The van der Waals surface area contributed by atoms with Crippen molar-refractivity contribution in [2.75, 3.05) is 0 Å². The minimum Gasteiger partial charge on any atom is -0.519 e. The molecule has 0 aliphatic heterocycles. The SMILES string of the molecule is CC[Si](CC)(CC)OC(OCc1ccc(C(F)(F)F)cc1)=C(C)C. The maximum absolute atomic E-state index is 12.6. The molecule has 1 rings (SSSR count).